The second-order valence-corrected chi connectivity index (χ2v) is 14.3. The Bertz CT molecular complexity index is 3130. The summed E-state index contributed by atoms with van der Waals surface area (Å²) in [5.41, 5.74) is 11.0. The molecule has 11 aromatic rings. The fourth-order valence-corrected chi connectivity index (χ4v) is 9.31. The summed E-state index contributed by atoms with van der Waals surface area (Å²) in [5, 5.41) is 7.07. The Morgan fingerprint density at radius 2 is 1.15 bits per heavy atom. The number of hydrogen-bond donors (Lipinski definition) is 0. The van der Waals surface area contributed by atoms with Crippen molar-refractivity contribution < 1.29 is 4.42 Å². The molecule has 244 valence electrons. The van der Waals surface area contributed by atoms with E-state index in [1.54, 1.807) is 0 Å². The molecule has 0 atom stereocenters. The van der Waals surface area contributed by atoms with Gasteiger partial charge in [0.05, 0.1) is 27.1 Å². The van der Waals surface area contributed by atoms with Crippen LogP contribution in [0.3, 0.4) is 0 Å². The van der Waals surface area contributed by atoms with Crippen LogP contribution < -0.4 is 4.90 Å². The topological polar surface area (TPSA) is 21.3 Å². The number of nitrogens with zero attached hydrogens (tertiary/aromatic N) is 2. The average molecular weight is 683 g/mol. The number of fused-ring (bicyclic) bond motifs is 10. The van der Waals surface area contributed by atoms with Gasteiger partial charge >= 0.3 is 0 Å². The zero-order valence-corrected chi connectivity index (χ0v) is 28.8. The van der Waals surface area contributed by atoms with Gasteiger partial charge in [0.25, 0.3) is 0 Å². The summed E-state index contributed by atoms with van der Waals surface area (Å²) >= 11 is 1.83. The van der Waals surface area contributed by atoms with Crippen molar-refractivity contribution in [1.82, 2.24) is 4.57 Å². The van der Waals surface area contributed by atoms with Crippen molar-refractivity contribution in [2.75, 3.05) is 4.90 Å². The fourth-order valence-electron chi connectivity index (χ4n) is 8.11. The molecule has 0 amide bonds. The van der Waals surface area contributed by atoms with Gasteiger partial charge in [0.1, 0.15) is 11.2 Å². The van der Waals surface area contributed by atoms with Gasteiger partial charge in [-0.3, -0.25) is 0 Å². The van der Waals surface area contributed by atoms with Crippen molar-refractivity contribution >= 4 is 92.3 Å². The quantitative estimate of drug-likeness (QED) is 0.180. The minimum Gasteiger partial charge on any atom is -0.455 e. The zero-order valence-electron chi connectivity index (χ0n) is 28.0. The van der Waals surface area contributed by atoms with Crippen LogP contribution >= 0.6 is 11.3 Å². The molecule has 0 fully saturated rings. The molecule has 0 spiro atoms. The molecular weight excluding hydrogens is 653 g/mol. The van der Waals surface area contributed by atoms with E-state index in [1.165, 1.54) is 42.2 Å². The standard InChI is InChI=1S/C48H30N2OS/c1-3-15-31(16-4-1)34-19-7-11-23-40(34)50(33-27-28-36-35-20-8-12-24-41(35)49(42(36)29-33)32-17-5-2-6-18-32)43-30-39-37-21-9-13-25-44(37)51-47(39)46-38-22-10-14-26-45(38)52-48(43)46/h1-30H. The molecular formula is C48H30N2OS. The molecule has 0 aliphatic rings. The summed E-state index contributed by atoms with van der Waals surface area (Å²) in [6, 6.07) is 65.4. The lowest BCUT2D eigenvalue weighted by Gasteiger charge is -2.29. The van der Waals surface area contributed by atoms with E-state index in [2.05, 4.69) is 191 Å². The van der Waals surface area contributed by atoms with Gasteiger partial charge in [-0.2, -0.15) is 0 Å². The predicted octanol–water partition coefficient (Wildman–Crippen LogP) is 14.2. The molecule has 4 heteroatoms. The van der Waals surface area contributed by atoms with E-state index >= 15 is 0 Å². The number of furan rings is 1. The van der Waals surface area contributed by atoms with Crippen LogP contribution in [0.25, 0.3) is 80.7 Å². The molecule has 3 nitrogen and oxygen atoms in total. The van der Waals surface area contributed by atoms with E-state index in [0.717, 1.165) is 55.6 Å². The van der Waals surface area contributed by atoms with Crippen LogP contribution in [0.2, 0.25) is 0 Å². The van der Waals surface area contributed by atoms with E-state index in [-0.39, 0.29) is 0 Å². The Hall–Kier alpha value is -6.62. The van der Waals surface area contributed by atoms with Crippen molar-refractivity contribution in [3.63, 3.8) is 0 Å². The van der Waals surface area contributed by atoms with E-state index in [1.807, 2.05) is 11.3 Å². The minimum absolute atomic E-state index is 0.899. The van der Waals surface area contributed by atoms with Crippen molar-refractivity contribution in [3.05, 3.63) is 182 Å². The van der Waals surface area contributed by atoms with Crippen LogP contribution in [0.1, 0.15) is 0 Å². The Labute approximate surface area is 303 Å². The minimum atomic E-state index is 0.899. The first kappa shape index (κ1) is 29.1. The average Bonchev–Trinajstić information content (AvgIpc) is 3.89. The number of anilines is 3. The third-order valence-electron chi connectivity index (χ3n) is 10.4. The summed E-state index contributed by atoms with van der Waals surface area (Å²) in [6.07, 6.45) is 0. The van der Waals surface area contributed by atoms with Gasteiger partial charge in [-0.05, 0) is 60.2 Å². The van der Waals surface area contributed by atoms with Crippen LogP contribution in [-0.4, -0.2) is 4.57 Å². The maximum absolute atomic E-state index is 6.71. The van der Waals surface area contributed by atoms with Gasteiger partial charge < -0.3 is 13.9 Å². The van der Waals surface area contributed by atoms with Crippen LogP contribution in [0.15, 0.2) is 186 Å². The van der Waals surface area contributed by atoms with Gasteiger partial charge in [0.2, 0.25) is 0 Å². The van der Waals surface area contributed by atoms with E-state index in [9.17, 15) is 0 Å². The Kier molecular flexibility index (Phi) is 6.42. The highest BCUT2D eigenvalue weighted by atomic mass is 32.1. The largest absolute Gasteiger partial charge is 0.455 e. The molecule has 3 aromatic heterocycles. The SMILES string of the molecule is c1ccc(-c2ccccc2N(c2ccc3c4ccccc4n(-c4ccccc4)c3c2)c2cc3c4ccccc4oc3c3c2sc2ccccc23)cc1. The van der Waals surface area contributed by atoms with Gasteiger partial charge in [-0.1, -0.05) is 127 Å². The molecule has 52 heavy (non-hydrogen) atoms. The number of rotatable bonds is 5. The Morgan fingerprint density at radius 3 is 2.02 bits per heavy atom. The molecule has 3 heterocycles. The first-order valence-electron chi connectivity index (χ1n) is 17.6. The van der Waals surface area contributed by atoms with Crippen molar-refractivity contribution in [1.29, 1.82) is 0 Å². The van der Waals surface area contributed by atoms with E-state index in [0.29, 0.717) is 0 Å². The number of hydrogen-bond acceptors (Lipinski definition) is 3. The lowest BCUT2D eigenvalue weighted by molar-refractivity contribution is 0.673. The van der Waals surface area contributed by atoms with Crippen molar-refractivity contribution in [2.45, 2.75) is 0 Å². The van der Waals surface area contributed by atoms with Crippen molar-refractivity contribution in [3.8, 4) is 16.8 Å². The summed E-state index contributed by atoms with van der Waals surface area (Å²) in [7, 11) is 0. The normalized spacial score (nSPS) is 11.8. The highest BCUT2D eigenvalue weighted by Gasteiger charge is 2.26. The summed E-state index contributed by atoms with van der Waals surface area (Å²) < 4.78 is 11.5. The Balaban J connectivity index is 1.29. The predicted molar refractivity (Wildman–Crippen MR) is 221 cm³/mol. The molecule has 0 N–H and O–H groups in total. The number of thiophene rings is 1. The van der Waals surface area contributed by atoms with Crippen LogP contribution in [0.4, 0.5) is 17.1 Å². The van der Waals surface area contributed by atoms with Gasteiger partial charge in [0.15, 0.2) is 0 Å². The van der Waals surface area contributed by atoms with E-state index < -0.39 is 0 Å². The highest BCUT2D eigenvalue weighted by Crippen LogP contribution is 2.51. The van der Waals surface area contributed by atoms with Crippen LogP contribution in [-0.2, 0) is 0 Å². The summed E-state index contributed by atoms with van der Waals surface area (Å²) in [4.78, 5) is 2.48. The third-order valence-corrected chi connectivity index (χ3v) is 11.6. The van der Waals surface area contributed by atoms with Crippen LogP contribution in [0.5, 0.6) is 0 Å². The number of benzene rings is 8. The lowest BCUT2D eigenvalue weighted by atomic mass is 10.0. The molecule has 0 aliphatic carbocycles. The summed E-state index contributed by atoms with van der Waals surface area (Å²) in [5.74, 6) is 0. The number of para-hydroxylation sites is 4. The first-order valence-corrected chi connectivity index (χ1v) is 18.4. The maximum Gasteiger partial charge on any atom is 0.144 e. The second-order valence-electron chi connectivity index (χ2n) is 13.3. The molecule has 0 aliphatic heterocycles. The van der Waals surface area contributed by atoms with E-state index in [4.69, 9.17) is 4.42 Å². The second kappa shape index (κ2) is 11.5. The molecule has 8 aromatic carbocycles. The maximum atomic E-state index is 6.71. The fraction of sp³-hybridized carbons (Fsp3) is 0. The van der Waals surface area contributed by atoms with Crippen molar-refractivity contribution in [2.24, 2.45) is 0 Å². The molecule has 0 radical (unpaired) electrons. The lowest BCUT2D eigenvalue weighted by Crippen LogP contribution is -2.11. The van der Waals surface area contributed by atoms with Gasteiger partial charge in [-0.25, -0.2) is 0 Å². The monoisotopic (exact) mass is 682 g/mol. The Morgan fingerprint density at radius 1 is 0.481 bits per heavy atom. The zero-order chi connectivity index (χ0) is 34.2. The molecule has 0 unspecified atom stereocenters. The summed E-state index contributed by atoms with van der Waals surface area (Å²) in [6.45, 7) is 0. The molecule has 0 saturated heterocycles. The highest BCUT2D eigenvalue weighted by molar-refractivity contribution is 7.26. The molecule has 0 saturated carbocycles. The smallest absolute Gasteiger partial charge is 0.144 e. The molecule has 11 rings (SSSR count). The van der Waals surface area contributed by atoms with Gasteiger partial charge in [-0.15, -0.1) is 11.3 Å². The number of aromatic nitrogens is 1. The van der Waals surface area contributed by atoms with Crippen LogP contribution in [0, 0.1) is 0 Å². The first-order chi connectivity index (χ1) is 25.8. The van der Waals surface area contributed by atoms with Gasteiger partial charge in [0, 0.05) is 54.0 Å². The molecule has 0 bridgehead atoms. The third kappa shape index (κ3) is 4.31.